The second-order valence-corrected chi connectivity index (χ2v) is 7.66. The highest BCUT2D eigenvalue weighted by Crippen LogP contribution is 2.19. The molecule has 23 heavy (non-hydrogen) atoms. The van der Waals surface area contributed by atoms with Gasteiger partial charge in [-0.15, -0.1) is 0 Å². The van der Waals surface area contributed by atoms with Gasteiger partial charge in [-0.2, -0.15) is 0 Å². The Labute approximate surface area is 142 Å². The lowest BCUT2D eigenvalue weighted by atomic mass is 10.1. The first kappa shape index (κ1) is 22.5. The van der Waals surface area contributed by atoms with Gasteiger partial charge in [0.05, 0.1) is 6.61 Å². The molecule has 0 fully saturated rings. The van der Waals surface area contributed by atoms with E-state index in [9.17, 15) is 9.36 Å². The molecule has 3 N–H and O–H groups in total. The first-order valence-electron chi connectivity index (χ1n) is 9.16. The highest BCUT2D eigenvalue weighted by molar-refractivity contribution is 7.42. The van der Waals surface area contributed by atoms with Crippen LogP contribution in [0.5, 0.6) is 0 Å². The molecule has 0 rings (SSSR count). The summed E-state index contributed by atoms with van der Waals surface area (Å²) in [4.78, 5) is 10.7. The maximum atomic E-state index is 11.7. The normalized spacial score (nSPS) is 13.0. The molecular formula is C17H35NO4P+. The first-order chi connectivity index (χ1) is 11.1. The summed E-state index contributed by atoms with van der Waals surface area (Å²) in [7, 11) is -1.74. The van der Waals surface area contributed by atoms with E-state index in [0.29, 0.717) is 6.16 Å². The van der Waals surface area contributed by atoms with Crippen molar-refractivity contribution in [2.24, 2.45) is 0 Å². The Kier molecular flexibility index (Phi) is 16.0. The zero-order chi connectivity index (χ0) is 17.3. The summed E-state index contributed by atoms with van der Waals surface area (Å²) in [6.45, 7) is 1.71. The number of aliphatic hydroxyl groups is 1. The number of carbonyl (C=O) groups is 1. The molecule has 5 nitrogen and oxygen atoms in total. The summed E-state index contributed by atoms with van der Waals surface area (Å²) >= 11 is 0. The van der Waals surface area contributed by atoms with Gasteiger partial charge in [-0.25, -0.2) is 0 Å². The molecule has 0 heterocycles. The minimum Gasteiger partial charge on any atom is -0.480 e. The lowest BCUT2D eigenvalue weighted by Crippen LogP contribution is -2.35. The number of aliphatic hydroxyl groups excluding tert-OH is 1. The van der Waals surface area contributed by atoms with Gasteiger partial charge in [0.25, 0.3) is 0 Å². The summed E-state index contributed by atoms with van der Waals surface area (Å²) in [5, 5.41) is 20.1. The van der Waals surface area contributed by atoms with Crippen molar-refractivity contribution in [2.75, 3.05) is 12.8 Å². The van der Waals surface area contributed by atoms with Gasteiger partial charge in [-0.1, -0.05) is 80.8 Å². The van der Waals surface area contributed by atoms with Crippen LogP contribution in [0.25, 0.3) is 0 Å². The van der Waals surface area contributed by atoms with Crippen LogP contribution in [-0.4, -0.2) is 35.0 Å². The minimum atomic E-state index is -1.74. The number of aliphatic carboxylic acids is 1. The van der Waals surface area contributed by atoms with Gasteiger partial charge in [0.1, 0.15) is 0 Å². The average molecular weight is 348 g/mol. The fourth-order valence-corrected chi connectivity index (χ4v) is 3.69. The number of carboxylic acid groups (broad SMARTS) is 1. The Morgan fingerprint density at radius 3 is 1.74 bits per heavy atom. The van der Waals surface area contributed by atoms with E-state index in [1.165, 1.54) is 57.8 Å². The van der Waals surface area contributed by atoms with Crippen molar-refractivity contribution in [3.63, 3.8) is 0 Å². The first-order valence-corrected chi connectivity index (χ1v) is 10.6. The Morgan fingerprint density at radius 1 is 0.913 bits per heavy atom. The lowest BCUT2D eigenvalue weighted by Gasteiger charge is -2.03. The number of unbranched alkanes of at least 4 members (excludes halogenated alkanes) is 11. The zero-order valence-electron chi connectivity index (χ0n) is 14.6. The van der Waals surface area contributed by atoms with Gasteiger partial charge >= 0.3 is 13.9 Å². The molecule has 2 atom stereocenters. The summed E-state index contributed by atoms with van der Waals surface area (Å²) in [5.74, 6) is -1.16. The molecule has 0 aromatic carbocycles. The van der Waals surface area contributed by atoms with Crippen LogP contribution >= 0.6 is 7.95 Å². The maximum absolute atomic E-state index is 11.7. The monoisotopic (exact) mass is 348 g/mol. The van der Waals surface area contributed by atoms with Crippen LogP contribution in [0.3, 0.4) is 0 Å². The van der Waals surface area contributed by atoms with Gasteiger partial charge in [0.15, 0.2) is 12.2 Å². The fourth-order valence-electron chi connectivity index (χ4n) is 2.51. The Bertz CT molecular complexity index is 313. The van der Waals surface area contributed by atoms with Gasteiger partial charge in [-0.05, 0) is 12.8 Å². The largest absolute Gasteiger partial charge is 0.480 e. The van der Waals surface area contributed by atoms with Crippen molar-refractivity contribution in [2.45, 2.75) is 90.0 Å². The predicted molar refractivity (Wildman–Crippen MR) is 95.2 cm³/mol. The van der Waals surface area contributed by atoms with Crippen molar-refractivity contribution in [3.05, 3.63) is 0 Å². The van der Waals surface area contributed by atoms with Crippen molar-refractivity contribution in [3.8, 4) is 0 Å². The third kappa shape index (κ3) is 14.8. The summed E-state index contributed by atoms with van der Waals surface area (Å²) < 4.78 is 11.7. The summed E-state index contributed by atoms with van der Waals surface area (Å²) in [5.41, 5.74) is 0. The van der Waals surface area contributed by atoms with Crippen molar-refractivity contribution < 1.29 is 19.6 Å². The van der Waals surface area contributed by atoms with Crippen LogP contribution in [0.15, 0.2) is 0 Å². The molecule has 0 saturated carbocycles. The molecule has 0 bridgehead atoms. The van der Waals surface area contributed by atoms with E-state index in [1.54, 1.807) is 0 Å². The molecule has 0 radical (unpaired) electrons. The van der Waals surface area contributed by atoms with Crippen LogP contribution in [0.2, 0.25) is 0 Å². The van der Waals surface area contributed by atoms with Crippen molar-refractivity contribution >= 4 is 13.9 Å². The lowest BCUT2D eigenvalue weighted by molar-refractivity contribution is -0.139. The number of hydrogen-bond donors (Lipinski definition) is 3. The molecular weight excluding hydrogens is 313 g/mol. The molecule has 0 aliphatic carbocycles. The van der Waals surface area contributed by atoms with Crippen LogP contribution in [0.1, 0.15) is 84.0 Å². The van der Waals surface area contributed by atoms with E-state index in [-0.39, 0.29) is 0 Å². The second-order valence-electron chi connectivity index (χ2n) is 6.19. The minimum absolute atomic E-state index is 0.483. The predicted octanol–water partition coefficient (Wildman–Crippen LogP) is 4.47. The van der Waals surface area contributed by atoms with Crippen molar-refractivity contribution in [1.29, 1.82) is 0 Å². The summed E-state index contributed by atoms with van der Waals surface area (Å²) in [6.07, 6.45) is 15.5. The highest BCUT2D eigenvalue weighted by Gasteiger charge is 2.26. The van der Waals surface area contributed by atoms with E-state index < -0.39 is 26.6 Å². The quantitative estimate of drug-likeness (QED) is 0.267. The molecule has 0 saturated heterocycles. The maximum Gasteiger partial charge on any atom is 0.432 e. The summed E-state index contributed by atoms with van der Waals surface area (Å²) in [6, 6.07) is -1.11. The van der Waals surface area contributed by atoms with E-state index in [2.05, 4.69) is 12.0 Å². The number of rotatable bonds is 17. The highest BCUT2D eigenvalue weighted by atomic mass is 31.1. The van der Waals surface area contributed by atoms with E-state index in [4.69, 9.17) is 10.2 Å². The molecule has 1 unspecified atom stereocenters. The molecule has 0 amide bonds. The standard InChI is InChI=1S/C17H34NO4P/c1-2-3-4-5-6-7-8-9-10-11-12-13-14-23(22)18-16(15-19)17(20)21/h16,19H,2-15H2,1H3,(H-,18,20,21,22)/p+1/t16-/m0/s1. The fraction of sp³-hybridized carbons (Fsp3) is 0.941. The number of hydrogen-bond acceptors (Lipinski definition) is 3. The number of carboxylic acids is 1. The third-order valence-corrected chi connectivity index (χ3v) is 5.32. The topological polar surface area (TPSA) is 86.6 Å². The Hall–Kier alpha value is -0.510. The van der Waals surface area contributed by atoms with E-state index in [0.717, 1.165) is 19.3 Å². The Balaban J connectivity index is 3.32. The van der Waals surface area contributed by atoms with Crippen LogP contribution in [-0.2, 0) is 9.36 Å². The zero-order valence-corrected chi connectivity index (χ0v) is 15.5. The van der Waals surface area contributed by atoms with Gasteiger partial charge in [0, 0.05) is 0 Å². The van der Waals surface area contributed by atoms with Crippen LogP contribution < -0.4 is 5.09 Å². The Morgan fingerprint density at radius 2 is 1.35 bits per heavy atom. The second kappa shape index (κ2) is 16.4. The average Bonchev–Trinajstić information content (AvgIpc) is 2.53. The molecule has 136 valence electrons. The molecule has 0 aromatic rings. The van der Waals surface area contributed by atoms with Gasteiger partial charge in [-0.3, -0.25) is 4.79 Å². The molecule has 0 spiro atoms. The molecule has 0 aliphatic rings. The third-order valence-electron chi connectivity index (χ3n) is 4.00. The molecule has 6 heteroatoms. The smallest absolute Gasteiger partial charge is 0.432 e. The van der Waals surface area contributed by atoms with Crippen molar-refractivity contribution in [1.82, 2.24) is 5.09 Å². The van der Waals surface area contributed by atoms with E-state index >= 15 is 0 Å². The van der Waals surface area contributed by atoms with Crippen LogP contribution in [0, 0.1) is 0 Å². The van der Waals surface area contributed by atoms with Gasteiger partial charge in [0.2, 0.25) is 0 Å². The van der Waals surface area contributed by atoms with Crippen LogP contribution in [0.4, 0.5) is 0 Å². The number of nitrogens with one attached hydrogen (secondary N) is 1. The molecule has 0 aromatic heterocycles. The SMILES string of the molecule is CCCCCCCCCCCCCC[P+](=O)N[C@@H](CO)C(=O)O. The molecule has 0 aliphatic heterocycles. The van der Waals surface area contributed by atoms with E-state index in [1.807, 2.05) is 0 Å². The van der Waals surface area contributed by atoms with Gasteiger partial charge < -0.3 is 10.2 Å².